The van der Waals surface area contributed by atoms with Crippen LogP contribution in [0, 0.1) is 20.8 Å². The molecular weight excluding hydrogens is 208 g/mol. The van der Waals surface area contributed by atoms with Gasteiger partial charge in [0.25, 0.3) is 0 Å². The summed E-state index contributed by atoms with van der Waals surface area (Å²) in [5.41, 5.74) is 12.3. The van der Waals surface area contributed by atoms with Crippen LogP contribution in [0.25, 0.3) is 0 Å². The van der Waals surface area contributed by atoms with Crippen molar-refractivity contribution in [2.75, 3.05) is 0 Å². The van der Waals surface area contributed by atoms with Gasteiger partial charge < -0.3 is 5.73 Å². The van der Waals surface area contributed by atoms with Crippen LogP contribution in [0.15, 0.2) is 36.7 Å². The average Bonchev–Trinajstić information content (AvgIpc) is 2.32. The zero-order valence-electron chi connectivity index (χ0n) is 10.6. The molecule has 0 aliphatic carbocycles. The molecule has 1 atom stereocenters. The molecule has 2 N–H and O–H groups in total. The predicted octanol–water partition coefficient (Wildman–Crippen LogP) is 3.05. The lowest BCUT2D eigenvalue weighted by molar-refractivity contribution is 0.854. The molecular formula is C15H18N2. The maximum absolute atomic E-state index is 6.31. The fraction of sp³-hybridized carbons (Fsp3) is 0.267. The summed E-state index contributed by atoms with van der Waals surface area (Å²) in [6.07, 6.45) is 3.65. The van der Waals surface area contributed by atoms with Crippen molar-refractivity contribution in [1.82, 2.24) is 4.98 Å². The predicted molar refractivity (Wildman–Crippen MR) is 70.9 cm³/mol. The van der Waals surface area contributed by atoms with E-state index in [0.717, 1.165) is 16.7 Å². The van der Waals surface area contributed by atoms with E-state index in [-0.39, 0.29) is 6.04 Å². The van der Waals surface area contributed by atoms with Gasteiger partial charge in [-0.1, -0.05) is 18.2 Å². The van der Waals surface area contributed by atoms with Crippen LogP contribution in [-0.4, -0.2) is 4.98 Å². The Kier molecular flexibility index (Phi) is 3.25. The number of rotatable bonds is 2. The van der Waals surface area contributed by atoms with Crippen LogP contribution in [-0.2, 0) is 0 Å². The van der Waals surface area contributed by atoms with Crippen LogP contribution in [0.1, 0.15) is 33.9 Å². The molecule has 2 nitrogen and oxygen atoms in total. The molecule has 17 heavy (non-hydrogen) atoms. The fourth-order valence-electron chi connectivity index (χ4n) is 1.97. The number of nitrogens with two attached hydrogens (primary N) is 1. The molecule has 1 heterocycles. The first-order chi connectivity index (χ1) is 8.09. The van der Waals surface area contributed by atoms with Gasteiger partial charge in [0.1, 0.15) is 0 Å². The van der Waals surface area contributed by atoms with Crippen molar-refractivity contribution < 1.29 is 0 Å². The smallest absolute Gasteiger partial charge is 0.0555 e. The minimum absolute atomic E-state index is 0.0719. The standard InChI is InChI=1S/C15H18N2/c1-10-4-5-13(8-11(10)2)15(16)14-6-7-17-9-12(14)3/h4-9,15H,16H2,1-3H3. The molecule has 0 amide bonds. The summed E-state index contributed by atoms with van der Waals surface area (Å²) in [6, 6.07) is 8.32. The molecule has 0 bridgehead atoms. The monoisotopic (exact) mass is 226 g/mol. The third kappa shape index (κ3) is 2.37. The van der Waals surface area contributed by atoms with Gasteiger partial charge in [-0.15, -0.1) is 0 Å². The third-order valence-corrected chi connectivity index (χ3v) is 3.29. The molecule has 2 heteroatoms. The van der Waals surface area contributed by atoms with Gasteiger partial charge >= 0.3 is 0 Å². The van der Waals surface area contributed by atoms with E-state index in [4.69, 9.17) is 5.73 Å². The summed E-state index contributed by atoms with van der Waals surface area (Å²) in [7, 11) is 0. The second-order valence-electron chi connectivity index (χ2n) is 4.55. The Hall–Kier alpha value is -1.67. The summed E-state index contributed by atoms with van der Waals surface area (Å²) >= 11 is 0. The molecule has 0 fully saturated rings. The van der Waals surface area contributed by atoms with Gasteiger partial charge in [-0.25, -0.2) is 0 Å². The normalized spacial score (nSPS) is 12.5. The van der Waals surface area contributed by atoms with Crippen LogP contribution >= 0.6 is 0 Å². The first-order valence-electron chi connectivity index (χ1n) is 5.83. The Morgan fingerprint density at radius 3 is 2.41 bits per heavy atom. The van der Waals surface area contributed by atoms with E-state index >= 15 is 0 Å². The molecule has 0 aliphatic heterocycles. The highest BCUT2D eigenvalue weighted by Crippen LogP contribution is 2.23. The molecule has 1 aromatic heterocycles. The van der Waals surface area contributed by atoms with Gasteiger partial charge in [0.05, 0.1) is 6.04 Å². The van der Waals surface area contributed by atoms with Crippen molar-refractivity contribution in [2.45, 2.75) is 26.8 Å². The lowest BCUT2D eigenvalue weighted by Gasteiger charge is -2.16. The molecule has 0 saturated heterocycles. The summed E-state index contributed by atoms with van der Waals surface area (Å²) in [4.78, 5) is 4.10. The largest absolute Gasteiger partial charge is 0.320 e. The van der Waals surface area contributed by atoms with Crippen LogP contribution in [0.4, 0.5) is 0 Å². The van der Waals surface area contributed by atoms with E-state index in [9.17, 15) is 0 Å². The highest BCUT2D eigenvalue weighted by Gasteiger charge is 2.11. The number of nitrogens with zero attached hydrogens (tertiary/aromatic N) is 1. The van der Waals surface area contributed by atoms with Gasteiger partial charge in [-0.3, -0.25) is 4.98 Å². The Morgan fingerprint density at radius 1 is 1.00 bits per heavy atom. The Balaban J connectivity index is 2.40. The molecule has 2 rings (SSSR count). The minimum Gasteiger partial charge on any atom is -0.320 e. The molecule has 0 aliphatic rings. The quantitative estimate of drug-likeness (QED) is 0.854. The van der Waals surface area contributed by atoms with Crippen molar-refractivity contribution in [3.63, 3.8) is 0 Å². The molecule has 88 valence electrons. The lowest BCUT2D eigenvalue weighted by Crippen LogP contribution is -2.13. The zero-order chi connectivity index (χ0) is 12.4. The van der Waals surface area contributed by atoms with Gasteiger partial charge in [0, 0.05) is 12.4 Å². The van der Waals surface area contributed by atoms with E-state index < -0.39 is 0 Å². The molecule has 0 saturated carbocycles. The van der Waals surface area contributed by atoms with Gasteiger partial charge in [0.2, 0.25) is 0 Å². The number of aromatic nitrogens is 1. The van der Waals surface area contributed by atoms with Crippen molar-refractivity contribution in [3.05, 3.63) is 64.5 Å². The van der Waals surface area contributed by atoms with Crippen LogP contribution in [0.2, 0.25) is 0 Å². The molecule has 0 spiro atoms. The Labute approximate surface area is 103 Å². The van der Waals surface area contributed by atoms with E-state index in [2.05, 4.69) is 37.0 Å². The van der Waals surface area contributed by atoms with Gasteiger partial charge in [0.15, 0.2) is 0 Å². The van der Waals surface area contributed by atoms with E-state index in [1.165, 1.54) is 11.1 Å². The third-order valence-electron chi connectivity index (χ3n) is 3.29. The van der Waals surface area contributed by atoms with Crippen molar-refractivity contribution in [1.29, 1.82) is 0 Å². The van der Waals surface area contributed by atoms with Crippen molar-refractivity contribution in [3.8, 4) is 0 Å². The number of hydrogen-bond acceptors (Lipinski definition) is 2. The highest BCUT2D eigenvalue weighted by molar-refractivity contribution is 5.38. The number of pyridine rings is 1. The summed E-state index contributed by atoms with van der Waals surface area (Å²) in [5.74, 6) is 0. The second kappa shape index (κ2) is 4.68. The molecule has 2 aromatic rings. The van der Waals surface area contributed by atoms with E-state index in [1.54, 1.807) is 6.20 Å². The van der Waals surface area contributed by atoms with Crippen LogP contribution in [0.5, 0.6) is 0 Å². The topological polar surface area (TPSA) is 38.9 Å². The Morgan fingerprint density at radius 2 is 1.76 bits per heavy atom. The first-order valence-corrected chi connectivity index (χ1v) is 5.83. The number of aryl methyl sites for hydroxylation is 3. The fourth-order valence-corrected chi connectivity index (χ4v) is 1.97. The second-order valence-corrected chi connectivity index (χ2v) is 4.55. The van der Waals surface area contributed by atoms with Gasteiger partial charge in [-0.2, -0.15) is 0 Å². The highest BCUT2D eigenvalue weighted by atomic mass is 14.7. The van der Waals surface area contributed by atoms with Crippen molar-refractivity contribution >= 4 is 0 Å². The number of benzene rings is 1. The van der Waals surface area contributed by atoms with E-state index in [1.807, 2.05) is 19.2 Å². The zero-order valence-corrected chi connectivity index (χ0v) is 10.6. The van der Waals surface area contributed by atoms with Crippen molar-refractivity contribution in [2.24, 2.45) is 5.73 Å². The molecule has 1 aromatic carbocycles. The minimum atomic E-state index is -0.0719. The molecule has 1 unspecified atom stereocenters. The summed E-state index contributed by atoms with van der Waals surface area (Å²) in [6.45, 7) is 6.27. The SMILES string of the molecule is Cc1ccc(C(N)c2ccncc2C)cc1C. The molecule has 0 radical (unpaired) electrons. The van der Waals surface area contributed by atoms with Crippen LogP contribution < -0.4 is 5.73 Å². The maximum atomic E-state index is 6.31. The maximum Gasteiger partial charge on any atom is 0.0555 e. The van der Waals surface area contributed by atoms with Gasteiger partial charge in [-0.05, 0) is 54.7 Å². The summed E-state index contributed by atoms with van der Waals surface area (Å²) < 4.78 is 0. The van der Waals surface area contributed by atoms with Crippen LogP contribution in [0.3, 0.4) is 0 Å². The Bertz CT molecular complexity index is 532. The first kappa shape index (κ1) is 11.8. The van der Waals surface area contributed by atoms with E-state index in [0.29, 0.717) is 0 Å². The average molecular weight is 226 g/mol. The number of hydrogen-bond donors (Lipinski definition) is 1. The summed E-state index contributed by atoms with van der Waals surface area (Å²) in [5, 5.41) is 0. The lowest BCUT2D eigenvalue weighted by atomic mass is 9.95.